The summed E-state index contributed by atoms with van der Waals surface area (Å²) in [5.41, 5.74) is 2.67. The van der Waals surface area contributed by atoms with Gasteiger partial charge in [0.15, 0.2) is 6.04 Å². The lowest BCUT2D eigenvalue weighted by Crippen LogP contribution is -2.46. The van der Waals surface area contributed by atoms with Gasteiger partial charge < -0.3 is 9.47 Å². The lowest BCUT2D eigenvalue weighted by molar-refractivity contribution is -0.153. The number of hydrogen-bond donors (Lipinski definition) is 0. The summed E-state index contributed by atoms with van der Waals surface area (Å²) in [6.45, 7) is 0. The molecule has 2 aliphatic heterocycles. The number of ether oxygens (including phenoxy) is 2. The van der Waals surface area contributed by atoms with Crippen molar-refractivity contribution in [2.45, 2.75) is 12.1 Å². The minimum Gasteiger partial charge on any atom is -0.469 e. The number of anilines is 1. The van der Waals surface area contributed by atoms with Gasteiger partial charge in [-0.15, -0.1) is 0 Å². The Morgan fingerprint density at radius 2 is 1.64 bits per heavy atom. The van der Waals surface area contributed by atoms with E-state index in [1.165, 1.54) is 14.2 Å². The maximum atomic E-state index is 12.8. The fourth-order valence-electron chi connectivity index (χ4n) is 4.01. The van der Waals surface area contributed by atoms with Crippen molar-refractivity contribution in [1.82, 2.24) is 5.01 Å². The van der Waals surface area contributed by atoms with Gasteiger partial charge in [0.05, 0.1) is 25.9 Å². The largest absolute Gasteiger partial charge is 0.469 e. The Kier molecular flexibility index (Phi) is 4.73. The van der Waals surface area contributed by atoms with Crippen LogP contribution in [0.25, 0.3) is 6.08 Å². The highest BCUT2D eigenvalue weighted by Crippen LogP contribution is 2.48. The molecule has 0 bridgehead atoms. The van der Waals surface area contributed by atoms with Gasteiger partial charge >= 0.3 is 11.9 Å². The third-order valence-electron chi connectivity index (χ3n) is 5.21. The number of halogens is 1. The zero-order valence-electron chi connectivity index (χ0n) is 15.4. The first-order valence-corrected chi connectivity index (χ1v) is 9.20. The monoisotopic (exact) mass is 398 g/mol. The second-order valence-electron chi connectivity index (χ2n) is 6.61. The molecular formula is C21H19ClN2O4. The van der Waals surface area contributed by atoms with Gasteiger partial charge in [0.25, 0.3) is 0 Å². The number of rotatable bonds is 3. The van der Waals surface area contributed by atoms with Crippen molar-refractivity contribution >= 4 is 35.3 Å². The van der Waals surface area contributed by atoms with E-state index in [0.29, 0.717) is 5.02 Å². The molecule has 0 amide bonds. The predicted molar refractivity (Wildman–Crippen MR) is 105 cm³/mol. The standard InChI is InChI=1S/C21H19ClN2O4/c1-27-20(25)17-18-16-6-4-3-5-13(16)11-12-23(18)24(19(17)21(26)28-2)15-9-7-14(22)8-10-15/h3-12,17-19H,1-2H3/t17-,18-,19+/m1/s1. The second-order valence-corrected chi connectivity index (χ2v) is 7.04. The highest BCUT2D eigenvalue weighted by Gasteiger charge is 2.56. The van der Waals surface area contributed by atoms with Gasteiger partial charge in [0.2, 0.25) is 0 Å². The first-order chi connectivity index (χ1) is 13.6. The molecule has 1 saturated heterocycles. The van der Waals surface area contributed by atoms with Gasteiger partial charge in [-0.05, 0) is 41.5 Å². The van der Waals surface area contributed by atoms with Gasteiger partial charge in [-0.25, -0.2) is 4.79 Å². The Labute approximate surface area is 167 Å². The number of esters is 2. The molecule has 28 heavy (non-hydrogen) atoms. The lowest BCUT2D eigenvalue weighted by Gasteiger charge is -2.36. The van der Waals surface area contributed by atoms with Gasteiger partial charge in [-0.3, -0.25) is 14.8 Å². The fourth-order valence-corrected chi connectivity index (χ4v) is 4.13. The summed E-state index contributed by atoms with van der Waals surface area (Å²) in [5, 5.41) is 4.26. The van der Waals surface area contributed by atoms with Crippen molar-refractivity contribution in [3.63, 3.8) is 0 Å². The Hall–Kier alpha value is -2.99. The number of nitrogens with zero attached hydrogens (tertiary/aromatic N) is 2. The summed E-state index contributed by atoms with van der Waals surface area (Å²) < 4.78 is 10.1. The highest BCUT2D eigenvalue weighted by atomic mass is 35.5. The van der Waals surface area contributed by atoms with Crippen molar-refractivity contribution < 1.29 is 19.1 Å². The number of carbonyl (C=O) groups excluding carboxylic acids is 2. The van der Waals surface area contributed by atoms with Crippen LogP contribution in [0.4, 0.5) is 5.69 Å². The number of methoxy groups -OCH3 is 2. The van der Waals surface area contributed by atoms with Crippen molar-refractivity contribution in [2.24, 2.45) is 5.92 Å². The van der Waals surface area contributed by atoms with Crippen LogP contribution in [0.2, 0.25) is 5.02 Å². The average Bonchev–Trinajstić information content (AvgIpc) is 3.08. The van der Waals surface area contributed by atoms with E-state index in [1.54, 1.807) is 17.1 Å². The molecule has 2 heterocycles. The average molecular weight is 399 g/mol. The molecule has 144 valence electrons. The first-order valence-electron chi connectivity index (χ1n) is 8.82. The van der Waals surface area contributed by atoms with E-state index >= 15 is 0 Å². The van der Waals surface area contributed by atoms with Crippen molar-refractivity contribution in [2.75, 3.05) is 19.2 Å². The highest BCUT2D eigenvalue weighted by molar-refractivity contribution is 6.30. The zero-order chi connectivity index (χ0) is 19.8. The summed E-state index contributed by atoms with van der Waals surface area (Å²) in [7, 11) is 2.65. The molecule has 0 saturated carbocycles. The molecule has 0 spiro atoms. The zero-order valence-corrected chi connectivity index (χ0v) is 16.2. The number of benzene rings is 2. The Bertz CT molecular complexity index is 944. The van der Waals surface area contributed by atoms with Gasteiger partial charge in [0.1, 0.15) is 5.92 Å². The summed E-state index contributed by atoms with van der Waals surface area (Å²) in [4.78, 5) is 25.6. The molecule has 0 aliphatic carbocycles. The van der Waals surface area contributed by atoms with Crippen LogP contribution in [0.5, 0.6) is 0 Å². The van der Waals surface area contributed by atoms with Gasteiger partial charge in [0, 0.05) is 11.2 Å². The Morgan fingerprint density at radius 3 is 2.32 bits per heavy atom. The van der Waals surface area contributed by atoms with E-state index in [4.69, 9.17) is 21.1 Å². The Morgan fingerprint density at radius 1 is 0.964 bits per heavy atom. The third-order valence-corrected chi connectivity index (χ3v) is 5.46. The lowest BCUT2D eigenvalue weighted by atomic mass is 9.85. The van der Waals surface area contributed by atoms with Crippen LogP contribution >= 0.6 is 11.6 Å². The van der Waals surface area contributed by atoms with Crippen LogP contribution in [0.15, 0.2) is 54.7 Å². The number of hydrazine groups is 1. The van der Waals surface area contributed by atoms with Gasteiger partial charge in [-0.2, -0.15) is 0 Å². The van der Waals surface area contributed by atoms with E-state index in [-0.39, 0.29) is 0 Å². The summed E-state index contributed by atoms with van der Waals surface area (Å²) in [5.74, 6) is -1.74. The minimum atomic E-state index is -0.876. The molecule has 2 aromatic rings. The van der Waals surface area contributed by atoms with Crippen LogP contribution in [0.3, 0.4) is 0 Å². The molecule has 0 N–H and O–H groups in total. The van der Waals surface area contributed by atoms with Crippen LogP contribution in [0.1, 0.15) is 17.2 Å². The Balaban J connectivity index is 1.91. The summed E-state index contributed by atoms with van der Waals surface area (Å²) in [6, 6.07) is 13.6. The normalized spacial score (nSPS) is 22.5. The molecule has 0 unspecified atom stereocenters. The van der Waals surface area contributed by atoms with E-state index < -0.39 is 29.9 Å². The maximum absolute atomic E-state index is 12.8. The van der Waals surface area contributed by atoms with Crippen molar-refractivity contribution in [1.29, 1.82) is 0 Å². The van der Waals surface area contributed by atoms with E-state index in [0.717, 1.165) is 16.8 Å². The maximum Gasteiger partial charge on any atom is 0.331 e. The number of hydrogen-bond acceptors (Lipinski definition) is 6. The molecule has 3 atom stereocenters. The number of carbonyl (C=O) groups is 2. The van der Waals surface area contributed by atoms with Crippen molar-refractivity contribution in [3.05, 3.63) is 70.9 Å². The van der Waals surface area contributed by atoms with Crippen LogP contribution in [-0.2, 0) is 19.1 Å². The van der Waals surface area contributed by atoms with Gasteiger partial charge in [-0.1, -0.05) is 35.9 Å². The SMILES string of the molecule is COC(=O)[C@@H]1[C@H]2c3ccccc3C=CN2N(c2ccc(Cl)cc2)[C@@H]1C(=O)OC. The van der Waals surface area contributed by atoms with E-state index in [1.807, 2.05) is 53.7 Å². The second kappa shape index (κ2) is 7.20. The molecule has 0 radical (unpaired) electrons. The first kappa shape index (κ1) is 18.4. The third kappa shape index (κ3) is 2.81. The number of fused-ring (bicyclic) bond motifs is 3. The van der Waals surface area contributed by atoms with Crippen molar-refractivity contribution in [3.8, 4) is 0 Å². The molecular weight excluding hydrogens is 380 g/mol. The molecule has 1 fully saturated rings. The smallest absolute Gasteiger partial charge is 0.331 e. The van der Waals surface area contributed by atoms with E-state index in [9.17, 15) is 9.59 Å². The topological polar surface area (TPSA) is 59.1 Å². The summed E-state index contributed by atoms with van der Waals surface area (Å²) >= 11 is 6.04. The molecule has 7 heteroatoms. The van der Waals surface area contributed by atoms with Crippen LogP contribution in [0, 0.1) is 5.92 Å². The fraction of sp³-hybridized carbons (Fsp3) is 0.238. The van der Waals surface area contributed by atoms with E-state index in [2.05, 4.69) is 0 Å². The van der Waals surface area contributed by atoms with Crippen LogP contribution in [-0.4, -0.2) is 37.2 Å². The molecule has 4 rings (SSSR count). The molecule has 2 aromatic carbocycles. The molecule has 6 nitrogen and oxygen atoms in total. The predicted octanol–water partition coefficient (Wildman–Crippen LogP) is 3.43. The summed E-state index contributed by atoms with van der Waals surface area (Å²) in [6.07, 6.45) is 3.84. The molecule has 0 aromatic heterocycles. The minimum absolute atomic E-state index is 0.395. The van der Waals surface area contributed by atoms with Crippen LogP contribution < -0.4 is 5.01 Å². The quantitative estimate of drug-likeness (QED) is 0.738. The molecule has 2 aliphatic rings.